The van der Waals surface area contributed by atoms with E-state index >= 15 is 0 Å². The first kappa shape index (κ1) is 16.3. The Labute approximate surface area is 137 Å². The second-order valence-electron chi connectivity index (χ2n) is 4.28. The molecule has 1 heterocycles. The average Bonchev–Trinajstić information content (AvgIpc) is 2.35. The number of nitrogens with one attached hydrogen (secondary N) is 1. The molecule has 0 radical (unpaired) electrons. The summed E-state index contributed by atoms with van der Waals surface area (Å²) in [5.74, 6) is -0.00408. The summed E-state index contributed by atoms with van der Waals surface area (Å²) in [7, 11) is -3.96. The van der Waals surface area contributed by atoms with Crippen molar-refractivity contribution in [3.05, 3.63) is 44.8 Å². The third-order valence-corrected chi connectivity index (χ3v) is 5.40. The monoisotopic (exact) mass is 365 g/mol. The van der Waals surface area contributed by atoms with E-state index < -0.39 is 10.0 Å². The molecule has 2 aromatic rings. The zero-order valence-corrected chi connectivity index (χ0v) is 14.1. The largest absolute Gasteiger partial charge is 0.264 e. The van der Waals surface area contributed by atoms with E-state index in [-0.39, 0.29) is 20.9 Å². The Morgan fingerprint density at radius 1 is 1.14 bits per heavy atom. The third kappa shape index (κ3) is 3.40. The second kappa shape index (κ2) is 5.96. The predicted molar refractivity (Wildman–Crippen MR) is 83.8 cm³/mol. The molecular formula is C12H10Cl3N3O2S. The number of anilines is 1. The fourth-order valence-electron chi connectivity index (χ4n) is 1.71. The highest BCUT2D eigenvalue weighted by atomic mass is 35.5. The van der Waals surface area contributed by atoms with Gasteiger partial charge in [0.25, 0.3) is 10.0 Å². The van der Waals surface area contributed by atoms with Gasteiger partial charge in [0.05, 0.1) is 17.4 Å². The maximum absolute atomic E-state index is 12.5. The quantitative estimate of drug-likeness (QED) is 0.895. The molecule has 5 nitrogen and oxygen atoms in total. The standard InChI is InChI=1S/C12H10Cl3N3O2S/c1-6-3-8(13)7(2)12(11(6)15)21(19,20)18-10-5-16-4-9(14)17-10/h3-5H,1-2H3,(H,17,18). The fraction of sp³-hybridized carbons (Fsp3) is 0.167. The smallest absolute Gasteiger partial charge is 0.262 e. The minimum Gasteiger partial charge on any atom is -0.262 e. The maximum Gasteiger partial charge on any atom is 0.264 e. The van der Waals surface area contributed by atoms with Crippen LogP contribution in [0.4, 0.5) is 5.82 Å². The van der Waals surface area contributed by atoms with Crippen LogP contribution in [0.2, 0.25) is 15.2 Å². The molecule has 0 atom stereocenters. The fourth-order valence-corrected chi connectivity index (χ4v) is 4.06. The van der Waals surface area contributed by atoms with Gasteiger partial charge in [-0.05, 0) is 31.0 Å². The van der Waals surface area contributed by atoms with Gasteiger partial charge in [0.1, 0.15) is 10.0 Å². The molecule has 0 unspecified atom stereocenters. The summed E-state index contributed by atoms with van der Waals surface area (Å²) >= 11 is 17.8. The van der Waals surface area contributed by atoms with Crippen LogP contribution in [0.5, 0.6) is 0 Å². The molecule has 0 saturated heterocycles. The van der Waals surface area contributed by atoms with Gasteiger partial charge in [-0.25, -0.2) is 13.4 Å². The van der Waals surface area contributed by atoms with Crippen LogP contribution in [-0.2, 0) is 10.0 Å². The number of aryl methyl sites for hydroxylation is 1. The summed E-state index contributed by atoms with van der Waals surface area (Å²) in [4.78, 5) is 7.50. The van der Waals surface area contributed by atoms with E-state index in [2.05, 4.69) is 14.7 Å². The Morgan fingerprint density at radius 3 is 2.43 bits per heavy atom. The lowest BCUT2D eigenvalue weighted by molar-refractivity contribution is 0.600. The third-order valence-electron chi connectivity index (χ3n) is 2.70. The molecule has 0 aliphatic rings. The summed E-state index contributed by atoms with van der Waals surface area (Å²) < 4.78 is 27.3. The highest BCUT2D eigenvalue weighted by Gasteiger charge is 2.24. The Kier molecular flexibility index (Phi) is 4.63. The van der Waals surface area contributed by atoms with Crippen LogP contribution in [-0.4, -0.2) is 18.4 Å². The van der Waals surface area contributed by atoms with Crippen molar-refractivity contribution in [3.8, 4) is 0 Å². The van der Waals surface area contributed by atoms with E-state index in [0.29, 0.717) is 16.1 Å². The Bertz CT molecular complexity index is 783. The molecule has 0 fully saturated rings. The van der Waals surface area contributed by atoms with Gasteiger partial charge in [-0.1, -0.05) is 34.8 Å². The van der Waals surface area contributed by atoms with Crippen molar-refractivity contribution in [2.45, 2.75) is 18.7 Å². The van der Waals surface area contributed by atoms with Gasteiger partial charge < -0.3 is 0 Å². The molecule has 112 valence electrons. The first-order valence-corrected chi connectivity index (χ1v) is 8.29. The number of hydrogen-bond acceptors (Lipinski definition) is 4. The van der Waals surface area contributed by atoms with E-state index in [0.717, 1.165) is 0 Å². The number of benzene rings is 1. The van der Waals surface area contributed by atoms with E-state index in [9.17, 15) is 8.42 Å². The van der Waals surface area contributed by atoms with Crippen LogP contribution in [0, 0.1) is 13.8 Å². The van der Waals surface area contributed by atoms with E-state index in [1.54, 1.807) is 19.9 Å². The van der Waals surface area contributed by atoms with Gasteiger partial charge in [-0.15, -0.1) is 0 Å². The van der Waals surface area contributed by atoms with Crippen molar-refractivity contribution >= 4 is 50.6 Å². The summed E-state index contributed by atoms with van der Waals surface area (Å²) in [6, 6.07) is 1.61. The molecule has 1 aromatic heterocycles. The average molecular weight is 367 g/mol. The van der Waals surface area contributed by atoms with E-state index in [1.807, 2.05) is 0 Å². The Morgan fingerprint density at radius 2 is 1.81 bits per heavy atom. The summed E-state index contributed by atoms with van der Waals surface area (Å²) in [6.07, 6.45) is 2.53. The van der Waals surface area contributed by atoms with Gasteiger partial charge in [-0.3, -0.25) is 9.71 Å². The molecule has 1 N–H and O–H groups in total. The summed E-state index contributed by atoms with van der Waals surface area (Å²) in [6.45, 7) is 3.25. The van der Waals surface area contributed by atoms with Crippen LogP contribution in [0.25, 0.3) is 0 Å². The highest BCUT2D eigenvalue weighted by molar-refractivity contribution is 7.92. The van der Waals surface area contributed by atoms with Crippen molar-refractivity contribution in [2.24, 2.45) is 0 Å². The molecule has 0 spiro atoms. The number of rotatable bonds is 3. The van der Waals surface area contributed by atoms with Crippen LogP contribution >= 0.6 is 34.8 Å². The first-order chi connectivity index (χ1) is 9.72. The molecule has 9 heteroatoms. The Balaban J connectivity index is 2.55. The predicted octanol–water partition coefficient (Wildman–Crippen LogP) is 3.85. The molecule has 21 heavy (non-hydrogen) atoms. The summed E-state index contributed by atoms with van der Waals surface area (Å²) in [5.41, 5.74) is 0.916. The number of halogens is 3. The van der Waals surface area contributed by atoms with Crippen molar-refractivity contribution in [3.63, 3.8) is 0 Å². The van der Waals surface area contributed by atoms with Crippen molar-refractivity contribution < 1.29 is 8.42 Å². The normalized spacial score (nSPS) is 11.5. The minimum absolute atomic E-state index is 0.00408. The number of aromatic nitrogens is 2. The van der Waals surface area contributed by atoms with Gasteiger partial charge >= 0.3 is 0 Å². The Hall–Kier alpha value is -1.08. The second-order valence-corrected chi connectivity index (χ2v) is 7.07. The lowest BCUT2D eigenvalue weighted by Gasteiger charge is -2.14. The molecule has 0 aliphatic heterocycles. The van der Waals surface area contributed by atoms with E-state index in [1.165, 1.54) is 12.4 Å². The topological polar surface area (TPSA) is 72.0 Å². The number of sulfonamides is 1. The molecule has 0 saturated carbocycles. The molecule has 0 aliphatic carbocycles. The van der Waals surface area contributed by atoms with Crippen LogP contribution in [0.3, 0.4) is 0 Å². The SMILES string of the molecule is Cc1cc(Cl)c(C)c(S(=O)(=O)Nc2cncc(Cl)n2)c1Cl. The van der Waals surface area contributed by atoms with Crippen molar-refractivity contribution in [1.29, 1.82) is 0 Å². The van der Waals surface area contributed by atoms with Crippen molar-refractivity contribution in [2.75, 3.05) is 4.72 Å². The van der Waals surface area contributed by atoms with Crippen LogP contribution in [0.1, 0.15) is 11.1 Å². The molecule has 1 aromatic carbocycles. The van der Waals surface area contributed by atoms with Gasteiger partial charge in [-0.2, -0.15) is 0 Å². The van der Waals surface area contributed by atoms with Gasteiger partial charge in [0.15, 0.2) is 5.82 Å². The molecule has 2 rings (SSSR count). The number of nitrogens with zero attached hydrogens (tertiary/aromatic N) is 2. The first-order valence-electron chi connectivity index (χ1n) is 5.68. The lowest BCUT2D eigenvalue weighted by atomic mass is 10.2. The highest BCUT2D eigenvalue weighted by Crippen LogP contribution is 2.34. The number of hydrogen-bond donors (Lipinski definition) is 1. The molecule has 0 bridgehead atoms. The zero-order chi connectivity index (χ0) is 15.8. The van der Waals surface area contributed by atoms with Gasteiger partial charge in [0, 0.05) is 5.02 Å². The molecule has 0 amide bonds. The van der Waals surface area contributed by atoms with Crippen LogP contribution in [0.15, 0.2) is 23.4 Å². The molecular weight excluding hydrogens is 357 g/mol. The lowest BCUT2D eigenvalue weighted by Crippen LogP contribution is -2.16. The zero-order valence-electron chi connectivity index (χ0n) is 11.0. The summed E-state index contributed by atoms with van der Waals surface area (Å²) in [5, 5.41) is 0.495. The van der Waals surface area contributed by atoms with Gasteiger partial charge in [0.2, 0.25) is 0 Å². The maximum atomic E-state index is 12.5. The van der Waals surface area contributed by atoms with E-state index in [4.69, 9.17) is 34.8 Å². The van der Waals surface area contributed by atoms with Crippen LogP contribution < -0.4 is 4.72 Å². The van der Waals surface area contributed by atoms with Crippen molar-refractivity contribution in [1.82, 2.24) is 9.97 Å². The minimum atomic E-state index is -3.96.